The third-order valence-corrected chi connectivity index (χ3v) is 3.25. The van der Waals surface area contributed by atoms with Crippen LogP contribution in [0.1, 0.15) is 23.7 Å². The molecule has 26 heavy (non-hydrogen) atoms. The lowest BCUT2D eigenvalue weighted by molar-refractivity contribution is 0.0526. The van der Waals surface area contributed by atoms with Gasteiger partial charge in [0, 0.05) is 6.54 Å². The van der Waals surface area contributed by atoms with Crippen LogP contribution in [0.5, 0.6) is 5.75 Å². The molecule has 1 aromatic heterocycles. The number of carbonyl (C=O) groups is 1. The largest absolute Gasteiger partial charge is 0.494 e. The van der Waals surface area contributed by atoms with Gasteiger partial charge in [0.15, 0.2) is 5.82 Å². The number of anilines is 2. The molecular formula is C16H19N5O5. The summed E-state index contributed by atoms with van der Waals surface area (Å²) in [5, 5.41) is 5.47. The Hall–Kier alpha value is -3.43. The van der Waals surface area contributed by atoms with Crippen LogP contribution in [0.25, 0.3) is 0 Å². The monoisotopic (exact) mass is 361 g/mol. The van der Waals surface area contributed by atoms with E-state index in [1.807, 2.05) is 0 Å². The number of benzene rings is 1. The van der Waals surface area contributed by atoms with E-state index in [1.54, 1.807) is 31.2 Å². The zero-order valence-corrected chi connectivity index (χ0v) is 14.2. The Balaban J connectivity index is 1.80. The average molecular weight is 361 g/mol. The quantitative estimate of drug-likeness (QED) is 0.348. The van der Waals surface area contributed by atoms with Crippen molar-refractivity contribution >= 4 is 23.4 Å². The second kappa shape index (κ2) is 9.16. The third-order valence-electron chi connectivity index (χ3n) is 3.25. The minimum atomic E-state index is -0.701. The summed E-state index contributed by atoms with van der Waals surface area (Å²) in [7, 11) is 0. The lowest BCUT2D eigenvalue weighted by atomic mass is 10.2. The molecule has 0 bridgehead atoms. The van der Waals surface area contributed by atoms with Crippen LogP contribution < -0.4 is 21.3 Å². The zero-order valence-electron chi connectivity index (χ0n) is 14.2. The number of hydrogen-bond donors (Lipinski definition) is 3. The maximum absolute atomic E-state index is 11.5. The fourth-order valence-corrected chi connectivity index (χ4v) is 2.06. The standard InChI is InChI=1S/C16H19N5O5/c1-2-25-15(23)10-4-6-11(7-5-10)26-9-3-8-18-13-12(21-24)14(22)20-16(17)19-13/h4-7H,2-3,8-9H2,1H3,(H4,17,18,19,20,22). The molecule has 1 aromatic carbocycles. The molecule has 4 N–H and O–H groups in total. The lowest BCUT2D eigenvalue weighted by Crippen LogP contribution is -2.16. The number of nitroso groups, excluding NO2 is 1. The molecule has 0 saturated carbocycles. The van der Waals surface area contributed by atoms with E-state index in [9.17, 15) is 14.5 Å². The van der Waals surface area contributed by atoms with Crippen LogP contribution in [-0.4, -0.2) is 35.7 Å². The molecule has 10 heteroatoms. The number of hydrogen-bond acceptors (Lipinski definition) is 9. The van der Waals surface area contributed by atoms with Crippen LogP contribution >= 0.6 is 0 Å². The maximum Gasteiger partial charge on any atom is 0.338 e. The van der Waals surface area contributed by atoms with Crippen molar-refractivity contribution in [3.63, 3.8) is 0 Å². The summed E-state index contributed by atoms with van der Waals surface area (Å²) in [6.45, 7) is 2.82. The molecule has 0 unspecified atom stereocenters. The van der Waals surface area contributed by atoms with E-state index in [0.29, 0.717) is 37.5 Å². The van der Waals surface area contributed by atoms with Crippen LogP contribution in [0, 0.1) is 4.91 Å². The number of rotatable bonds is 9. The summed E-state index contributed by atoms with van der Waals surface area (Å²) in [5.74, 6) is 0.141. The fourth-order valence-electron chi connectivity index (χ4n) is 2.06. The Morgan fingerprint density at radius 2 is 2.08 bits per heavy atom. The number of carbonyl (C=O) groups excluding carboxylic acids is 1. The summed E-state index contributed by atoms with van der Waals surface area (Å²) in [6, 6.07) is 6.59. The summed E-state index contributed by atoms with van der Waals surface area (Å²) in [5.41, 5.74) is 4.83. The minimum absolute atomic E-state index is 0.0278. The SMILES string of the molecule is CCOC(=O)c1ccc(OCCCNc2nc(N)[nH]c(=O)c2N=O)cc1. The predicted octanol–water partition coefficient (Wildman–Crippen LogP) is 1.81. The molecule has 0 aliphatic rings. The number of H-pyrrole nitrogens is 1. The summed E-state index contributed by atoms with van der Waals surface area (Å²) >= 11 is 0. The van der Waals surface area contributed by atoms with E-state index in [2.05, 4.69) is 20.5 Å². The number of nitrogens with one attached hydrogen (secondary N) is 2. The first-order valence-electron chi connectivity index (χ1n) is 7.92. The van der Waals surface area contributed by atoms with Gasteiger partial charge in [-0.2, -0.15) is 4.98 Å². The van der Waals surface area contributed by atoms with Crippen molar-refractivity contribution in [2.45, 2.75) is 13.3 Å². The van der Waals surface area contributed by atoms with E-state index >= 15 is 0 Å². The first-order valence-corrected chi connectivity index (χ1v) is 7.92. The normalized spacial score (nSPS) is 10.2. The van der Waals surface area contributed by atoms with Gasteiger partial charge in [-0.3, -0.25) is 9.78 Å². The number of ether oxygens (including phenoxy) is 2. The Labute approximate surface area is 148 Å². The highest BCUT2D eigenvalue weighted by atomic mass is 16.5. The molecule has 2 aromatic rings. The van der Waals surface area contributed by atoms with Crippen LogP contribution in [-0.2, 0) is 4.74 Å². The van der Waals surface area contributed by atoms with E-state index < -0.39 is 5.56 Å². The summed E-state index contributed by atoms with van der Waals surface area (Å²) < 4.78 is 10.5. The van der Waals surface area contributed by atoms with Crippen LogP contribution in [0.4, 0.5) is 17.5 Å². The van der Waals surface area contributed by atoms with Gasteiger partial charge in [0.2, 0.25) is 11.6 Å². The zero-order chi connectivity index (χ0) is 18.9. The molecule has 1 heterocycles. The molecule has 0 aliphatic heterocycles. The van der Waals surface area contributed by atoms with Crippen LogP contribution in [0.2, 0.25) is 0 Å². The van der Waals surface area contributed by atoms with Gasteiger partial charge < -0.3 is 20.5 Å². The molecule has 0 spiro atoms. The molecule has 0 aliphatic carbocycles. The Morgan fingerprint density at radius 1 is 1.35 bits per heavy atom. The highest BCUT2D eigenvalue weighted by Crippen LogP contribution is 2.17. The van der Waals surface area contributed by atoms with Crippen molar-refractivity contribution in [3.05, 3.63) is 45.1 Å². The average Bonchev–Trinajstić information content (AvgIpc) is 2.62. The number of esters is 1. The van der Waals surface area contributed by atoms with Gasteiger partial charge in [-0.05, 0) is 42.8 Å². The molecule has 0 atom stereocenters. The molecule has 0 amide bonds. The van der Waals surface area contributed by atoms with Crippen molar-refractivity contribution in [3.8, 4) is 5.75 Å². The molecular weight excluding hydrogens is 342 g/mol. The minimum Gasteiger partial charge on any atom is -0.494 e. The Kier molecular flexibility index (Phi) is 6.66. The summed E-state index contributed by atoms with van der Waals surface area (Å²) in [6.07, 6.45) is 0.562. The van der Waals surface area contributed by atoms with Crippen molar-refractivity contribution < 1.29 is 14.3 Å². The smallest absolute Gasteiger partial charge is 0.338 e. The van der Waals surface area contributed by atoms with Gasteiger partial charge in [-0.15, -0.1) is 4.91 Å². The molecule has 0 radical (unpaired) electrons. The van der Waals surface area contributed by atoms with Gasteiger partial charge in [-0.25, -0.2) is 4.79 Å². The molecule has 138 valence electrons. The number of aromatic nitrogens is 2. The molecule has 2 rings (SSSR count). The van der Waals surface area contributed by atoms with E-state index in [0.717, 1.165) is 0 Å². The summed E-state index contributed by atoms with van der Waals surface area (Å²) in [4.78, 5) is 39.8. The molecule has 0 saturated heterocycles. The molecule has 0 fully saturated rings. The highest BCUT2D eigenvalue weighted by Gasteiger charge is 2.10. The lowest BCUT2D eigenvalue weighted by Gasteiger charge is -2.09. The van der Waals surface area contributed by atoms with Crippen molar-refractivity contribution in [1.29, 1.82) is 0 Å². The topological polar surface area (TPSA) is 149 Å². The molecule has 10 nitrogen and oxygen atoms in total. The first kappa shape index (κ1) is 18.9. The van der Waals surface area contributed by atoms with Crippen LogP contribution in [0.15, 0.2) is 34.2 Å². The van der Waals surface area contributed by atoms with Gasteiger partial charge in [-0.1, -0.05) is 0 Å². The van der Waals surface area contributed by atoms with E-state index in [1.165, 1.54) is 0 Å². The second-order valence-electron chi connectivity index (χ2n) is 5.11. The van der Waals surface area contributed by atoms with Gasteiger partial charge in [0.05, 0.1) is 18.8 Å². The van der Waals surface area contributed by atoms with Crippen LogP contribution in [0.3, 0.4) is 0 Å². The van der Waals surface area contributed by atoms with Gasteiger partial charge in [0.25, 0.3) is 5.56 Å². The maximum atomic E-state index is 11.5. The van der Waals surface area contributed by atoms with Gasteiger partial charge >= 0.3 is 5.97 Å². The number of nitrogens with two attached hydrogens (primary N) is 1. The number of aromatic amines is 1. The Morgan fingerprint density at radius 3 is 2.73 bits per heavy atom. The van der Waals surface area contributed by atoms with Crippen molar-refractivity contribution in [2.24, 2.45) is 5.18 Å². The van der Waals surface area contributed by atoms with Crippen molar-refractivity contribution in [2.75, 3.05) is 30.8 Å². The first-order chi connectivity index (χ1) is 12.5. The van der Waals surface area contributed by atoms with Crippen molar-refractivity contribution in [1.82, 2.24) is 9.97 Å². The van der Waals surface area contributed by atoms with E-state index in [4.69, 9.17) is 15.2 Å². The van der Waals surface area contributed by atoms with E-state index in [-0.39, 0.29) is 23.4 Å². The number of nitrogen functional groups attached to an aromatic ring is 1. The highest BCUT2D eigenvalue weighted by molar-refractivity contribution is 5.89. The fraction of sp³-hybridized carbons (Fsp3) is 0.312. The Bertz CT molecular complexity index is 819. The number of nitrogens with zero attached hydrogens (tertiary/aromatic N) is 2. The van der Waals surface area contributed by atoms with Gasteiger partial charge in [0.1, 0.15) is 5.75 Å². The second-order valence-corrected chi connectivity index (χ2v) is 5.11. The third kappa shape index (κ3) is 5.03. The predicted molar refractivity (Wildman–Crippen MR) is 95.7 cm³/mol.